The van der Waals surface area contributed by atoms with Gasteiger partial charge in [-0.2, -0.15) is 0 Å². The molecule has 0 saturated carbocycles. The molecule has 0 unspecified atom stereocenters. The van der Waals surface area contributed by atoms with E-state index < -0.39 is 0 Å². The predicted molar refractivity (Wildman–Crippen MR) is 49.7 cm³/mol. The summed E-state index contributed by atoms with van der Waals surface area (Å²) in [4.78, 5) is 0. The van der Waals surface area contributed by atoms with Crippen LogP contribution in [0.3, 0.4) is 0 Å². The smallest absolute Gasteiger partial charge is 0.00199 e. The Labute approximate surface area is 70.6 Å². The Kier molecular flexibility index (Phi) is 3.92. The third-order valence-corrected chi connectivity index (χ3v) is 2.98. The molecule has 0 amide bonds. The first kappa shape index (κ1) is 9.05. The Bertz CT molecular complexity index is 91.0. The zero-order valence-corrected chi connectivity index (χ0v) is 7.90. The largest absolute Gasteiger partial charge is 0.316 e. The second-order valence-corrected chi connectivity index (χ2v) is 3.78. The van der Waals surface area contributed by atoms with E-state index >= 15 is 0 Å². The summed E-state index contributed by atoms with van der Waals surface area (Å²) in [6, 6.07) is 0. The van der Waals surface area contributed by atoms with E-state index in [1.54, 1.807) is 0 Å². The molecule has 1 heterocycles. The molecule has 1 N–H and O–H groups in total. The van der Waals surface area contributed by atoms with Crippen LogP contribution in [0.4, 0.5) is 0 Å². The first-order chi connectivity index (χ1) is 5.36. The van der Waals surface area contributed by atoms with Crippen LogP contribution in [0.5, 0.6) is 0 Å². The van der Waals surface area contributed by atoms with Crippen LogP contribution in [0.1, 0.15) is 39.5 Å². The number of nitrogens with one attached hydrogen (secondary N) is 1. The lowest BCUT2D eigenvalue weighted by Gasteiger charge is -2.16. The van der Waals surface area contributed by atoms with Crippen molar-refractivity contribution in [2.24, 2.45) is 11.8 Å². The van der Waals surface area contributed by atoms with E-state index in [2.05, 4.69) is 19.2 Å². The molecule has 66 valence electrons. The summed E-state index contributed by atoms with van der Waals surface area (Å²) in [5, 5.41) is 3.43. The van der Waals surface area contributed by atoms with Gasteiger partial charge in [-0.3, -0.25) is 0 Å². The molecule has 0 aromatic heterocycles. The van der Waals surface area contributed by atoms with Crippen molar-refractivity contribution in [3.05, 3.63) is 0 Å². The van der Waals surface area contributed by atoms with E-state index in [1.165, 1.54) is 38.8 Å². The molecule has 0 aromatic rings. The molecule has 0 aliphatic carbocycles. The second-order valence-electron chi connectivity index (χ2n) is 3.78. The summed E-state index contributed by atoms with van der Waals surface area (Å²) in [5.41, 5.74) is 0. The Morgan fingerprint density at radius 2 is 2.09 bits per heavy atom. The minimum absolute atomic E-state index is 0.986. The van der Waals surface area contributed by atoms with E-state index in [4.69, 9.17) is 0 Å². The van der Waals surface area contributed by atoms with E-state index in [0.29, 0.717) is 0 Å². The first-order valence-corrected chi connectivity index (χ1v) is 5.07. The quantitative estimate of drug-likeness (QED) is 0.657. The van der Waals surface area contributed by atoms with Crippen LogP contribution < -0.4 is 5.32 Å². The van der Waals surface area contributed by atoms with Gasteiger partial charge < -0.3 is 5.32 Å². The summed E-state index contributed by atoms with van der Waals surface area (Å²) >= 11 is 0. The van der Waals surface area contributed by atoms with Gasteiger partial charge in [0.1, 0.15) is 0 Å². The van der Waals surface area contributed by atoms with Crippen molar-refractivity contribution in [1.82, 2.24) is 5.32 Å². The van der Waals surface area contributed by atoms with E-state index in [-0.39, 0.29) is 0 Å². The maximum Gasteiger partial charge on any atom is -0.00199 e. The van der Waals surface area contributed by atoms with E-state index in [9.17, 15) is 0 Å². The monoisotopic (exact) mass is 155 g/mol. The Morgan fingerprint density at radius 3 is 2.55 bits per heavy atom. The number of hydrogen-bond acceptors (Lipinski definition) is 1. The summed E-state index contributed by atoms with van der Waals surface area (Å²) in [7, 11) is 0. The Balaban J connectivity index is 2.16. The average Bonchev–Trinajstić information content (AvgIpc) is 2.52. The molecule has 1 aliphatic heterocycles. The molecular weight excluding hydrogens is 134 g/mol. The molecule has 0 radical (unpaired) electrons. The highest BCUT2D eigenvalue weighted by molar-refractivity contribution is 4.73. The van der Waals surface area contributed by atoms with Gasteiger partial charge in [0.2, 0.25) is 0 Å². The summed E-state index contributed by atoms with van der Waals surface area (Å²) < 4.78 is 0. The van der Waals surface area contributed by atoms with E-state index in [0.717, 1.165) is 11.8 Å². The van der Waals surface area contributed by atoms with Crippen LogP contribution in [0.15, 0.2) is 0 Å². The van der Waals surface area contributed by atoms with Gasteiger partial charge in [0.05, 0.1) is 0 Å². The van der Waals surface area contributed by atoms with Gasteiger partial charge in [-0.25, -0.2) is 0 Å². The van der Waals surface area contributed by atoms with Crippen molar-refractivity contribution in [3.8, 4) is 0 Å². The highest BCUT2D eigenvalue weighted by atomic mass is 14.9. The van der Waals surface area contributed by atoms with Gasteiger partial charge in [-0.15, -0.1) is 0 Å². The summed E-state index contributed by atoms with van der Waals surface area (Å²) in [5.74, 6) is 1.97. The van der Waals surface area contributed by atoms with Crippen molar-refractivity contribution in [3.63, 3.8) is 0 Å². The minimum Gasteiger partial charge on any atom is -0.316 e. The van der Waals surface area contributed by atoms with E-state index in [1.807, 2.05) is 0 Å². The van der Waals surface area contributed by atoms with Crippen LogP contribution >= 0.6 is 0 Å². The predicted octanol–water partition coefficient (Wildman–Crippen LogP) is 2.42. The third kappa shape index (κ3) is 2.82. The normalized spacial score (nSPS) is 24.8. The van der Waals surface area contributed by atoms with Crippen LogP contribution in [0, 0.1) is 11.8 Å². The zero-order chi connectivity index (χ0) is 8.10. The van der Waals surface area contributed by atoms with Gasteiger partial charge >= 0.3 is 0 Å². The molecular formula is C10H21N. The van der Waals surface area contributed by atoms with Gasteiger partial charge in [0.15, 0.2) is 0 Å². The standard InChI is InChI=1S/C10H21N/c1-3-9(4-2)7-10-5-6-11-8-10/h9-11H,3-8H2,1-2H3/t10-/m0/s1. The fourth-order valence-corrected chi connectivity index (χ4v) is 2.01. The molecule has 0 spiro atoms. The SMILES string of the molecule is CCC(CC)C[C@@H]1CCNC1. The van der Waals surface area contributed by atoms with Crippen LogP contribution in [0.2, 0.25) is 0 Å². The van der Waals surface area contributed by atoms with Crippen LogP contribution in [-0.4, -0.2) is 13.1 Å². The third-order valence-electron chi connectivity index (χ3n) is 2.98. The zero-order valence-electron chi connectivity index (χ0n) is 7.90. The maximum absolute atomic E-state index is 3.43. The average molecular weight is 155 g/mol. The topological polar surface area (TPSA) is 12.0 Å². The highest BCUT2D eigenvalue weighted by Crippen LogP contribution is 2.22. The lowest BCUT2D eigenvalue weighted by molar-refractivity contribution is 0.370. The van der Waals surface area contributed by atoms with Gasteiger partial charge in [0.25, 0.3) is 0 Å². The van der Waals surface area contributed by atoms with Crippen molar-refractivity contribution in [1.29, 1.82) is 0 Å². The Morgan fingerprint density at radius 1 is 1.36 bits per heavy atom. The van der Waals surface area contributed by atoms with Gasteiger partial charge in [-0.05, 0) is 37.8 Å². The summed E-state index contributed by atoms with van der Waals surface area (Å²) in [6.45, 7) is 7.16. The highest BCUT2D eigenvalue weighted by Gasteiger charge is 2.17. The van der Waals surface area contributed by atoms with Crippen molar-refractivity contribution >= 4 is 0 Å². The second kappa shape index (κ2) is 4.76. The van der Waals surface area contributed by atoms with Crippen molar-refractivity contribution in [2.75, 3.05) is 13.1 Å². The molecule has 0 bridgehead atoms. The van der Waals surface area contributed by atoms with Gasteiger partial charge in [0, 0.05) is 0 Å². The molecule has 0 aromatic carbocycles. The maximum atomic E-state index is 3.43. The molecule has 1 fully saturated rings. The summed E-state index contributed by atoms with van der Waals surface area (Å²) in [6.07, 6.45) is 5.61. The molecule has 1 rings (SSSR count). The lowest BCUT2D eigenvalue weighted by Crippen LogP contribution is -2.12. The first-order valence-electron chi connectivity index (χ1n) is 5.07. The number of rotatable bonds is 4. The van der Waals surface area contributed by atoms with Crippen molar-refractivity contribution < 1.29 is 0 Å². The number of hydrogen-bond donors (Lipinski definition) is 1. The fourth-order valence-electron chi connectivity index (χ4n) is 2.01. The van der Waals surface area contributed by atoms with Crippen LogP contribution in [-0.2, 0) is 0 Å². The van der Waals surface area contributed by atoms with Crippen molar-refractivity contribution in [2.45, 2.75) is 39.5 Å². The lowest BCUT2D eigenvalue weighted by atomic mass is 9.90. The van der Waals surface area contributed by atoms with Gasteiger partial charge in [-0.1, -0.05) is 26.7 Å². The molecule has 1 nitrogen and oxygen atoms in total. The molecule has 11 heavy (non-hydrogen) atoms. The fraction of sp³-hybridized carbons (Fsp3) is 1.00. The molecule has 1 heteroatoms. The Hall–Kier alpha value is -0.0400. The molecule has 1 saturated heterocycles. The molecule has 1 aliphatic rings. The molecule has 1 atom stereocenters. The minimum atomic E-state index is 0.986. The van der Waals surface area contributed by atoms with Crippen LogP contribution in [0.25, 0.3) is 0 Å².